The standard InChI is InChI=1S/C22H21N5O2S2/c1-3-27-21(29)18-6-4-5-7-19(18)24-22(27)26-25-20(28)15-8-10-17(11-9-15)31-13-16-12-30-14(2)23-16/h4-12H,3,13H2,1-2H3,(H,24,26)(H,25,28). The maximum absolute atomic E-state index is 12.7. The summed E-state index contributed by atoms with van der Waals surface area (Å²) in [7, 11) is 0. The van der Waals surface area contributed by atoms with Crippen molar-refractivity contribution in [2.45, 2.75) is 31.0 Å². The van der Waals surface area contributed by atoms with Crippen molar-refractivity contribution < 1.29 is 4.79 Å². The zero-order valence-corrected chi connectivity index (χ0v) is 18.7. The van der Waals surface area contributed by atoms with Crippen molar-refractivity contribution in [1.29, 1.82) is 0 Å². The van der Waals surface area contributed by atoms with Gasteiger partial charge in [-0.15, -0.1) is 23.1 Å². The predicted molar refractivity (Wildman–Crippen MR) is 126 cm³/mol. The third kappa shape index (κ3) is 4.78. The molecule has 0 saturated heterocycles. The molecule has 31 heavy (non-hydrogen) atoms. The van der Waals surface area contributed by atoms with Crippen molar-refractivity contribution in [2.75, 3.05) is 5.43 Å². The molecule has 0 saturated carbocycles. The number of para-hydroxylation sites is 1. The van der Waals surface area contributed by atoms with E-state index in [0.717, 1.165) is 21.3 Å². The number of hydrazine groups is 1. The Labute approximate surface area is 187 Å². The van der Waals surface area contributed by atoms with Gasteiger partial charge < -0.3 is 0 Å². The minimum absolute atomic E-state index is 0.151. The number of aromatic nitrogens is 3. The lowest BCUT2D eigenvalue weighted by molar-refractivity contribution is 0.0962. The molecule has 2 aromatic heterocycles. The van der Waals surface area contributed by atoms with E-state index in [0.29, 0.717) is 29.0 Å². The van der Waals surface area contributed by atoms with Crippen LogP contribution in [0.3, 0.4) is 0 Å². The van der Waals surface area contributed by atoms with Crippen LogP contribution in [0.5, 0.6) is 0 Å². The van der Waals surface area contributed by atoms with Gasteiger partial charge in [-0.05, 0) is 50.2 Å². The van der Waals surface area contributed by atoms with Crippen LogP contribution in [0.25, 0.3) is 10.9 Å². The molecular formula is C22H21N5O2S2. The van der Waals surface area contributed by atoms with E-state index in [9.17, 15) is 9.59 Å². The number of hydrogen-bond acceptors (Lipinski definition) is 7. The molecule has 0 aliphatic rings. The first-order valence-electron chi connectivity index (χ1n) is 9.75. The average molecular weight is 452 g/mol. The molecule has 0 aliphatic heterocycles. The van der Waals surface area contributed by atoms with E-state index < -0.39 is 0 Å². The Morgan fingerprint density at radius 2 is 1.90 bits per heavy atom. The van der Waals surface area contributed by atoms with E-state index in [1.165, 1.54) is 4.57 Å². The summed E-state index contributed by atoms with van der Waals surface area (Å²) in [6.07, 6.45) is 0. The van der Waals surface area contributed by atoms with Gasteiger partial charge in [-0.25, -0.2) is 9.97 Å². The number of thioether (sulfide) groups is 1. The highest BCUT2D eigenvalue weighted by atomic mass is 32.2. The number of aryl methyl sites for hydroxylation is 1. The van der Waals surface area contributed by atoms with Crippen molar-refractivity contribution in [3.8, 4) is 0 Å². The average Bonchev–Trinajstić information content (AvgIpc) is 3.21. The van der Waals surface area contributed by atoms with Crippen LogP contribution in [-0.4, -0.2) is 20.4 Å². The third-order valence-corrected chi connectivity index (χ3v) is 6.50. The van der Waals surface area contributed by atoms with Crippen molar-refractivity contribution in [3.05, 3.63) is 80.5 Å². The summed E-state index contributed by atoms with van der Waals surface area (Å²) >= 11 is 3.32. The Hall–Kier alpha value is -3.17. The maximum atomic E-state index is 12.7. The normalized spacial score (nSPS) is 10.9. The molecule has 0 aliphatic carbocycles. The van der Waals surface area contributed by atoms with Gasteiger partial charge in [0, 0.05) is 28.1 Å². The van der Waals surface area contributed by atoms with Crippen molar-refractivity contribution in [3.63, 3.8) is 0 Å². The zero-order valence-electron chi connectivity index (χ0n) is 17.1. The van der Waals surface area contributed by atoms with Gasteiger partial charge in [0.25, 0.3) is 11.5 Å². The van der Waals surface area contributed by atoms with Crippen molar-refractivity contribution in [1.82, 2.24) is 20.0 Å². The van der Waals surface area contributed by atoms with E-state index in [1.54, 1.807) is 53.4 Å². The van der Waals surface area contributed by atoms with Gasteiger partial charge in [0.1, 0.15) is 0 Å². The van der Waals surface area contributed by atoms with Gasteiger partial charge in [-0.3, -0.25) is 25.0 Å². The van der Waals surface area contributed by atoms with Gasteiger partial charge in [0.05, 0.1) is 21.6 Å². The number of nitrogens with one attached hydrogen (secondary N) is 2. The molecule has 0 radical (unpaired) electrons. The summed E-state index contributed by atoms with van der Waals surface area (Å²) < 4.78 is 1.49. The predicted octanol–water partition coefficient (Wildman–Crippen LogP) is 4.23. The third-order valence-electron chi connectivity index (χ3n) is 4.64. The molecule has 0 unspecified atom stereocenters. The molecular weight excluding hydrogens is 430 g/mol. The van der Waals surface area contributed by atoms with Gasteiger partial charge in [0.2, 0.25) is 5.95 Å². The molecule has 2 heterocycles. The van der Waals surface area contributed by atoms with Crippen LogP contribution < -0.4 is 16.4 Å². The lowest BCUT2D eigenvalue weighted by atomic mass is 10.2. The van der Waals surface area contributed by atoms with Gasteiger partial charge in [-0.1, -0.05) is 12.1 Å². The quantitative estimate of drug-likeness (QED) is 0.323. The number of benzene rings is 2. The number of hydrogen-bond donors (Lipinski definition) is 2. The van der Waals surface area contributed by atoms with Gasteiger partial charge in [-0.2, -0.15) is 0 Å². The lowest BCUT2D eigenvalue weighted by Crippen LogP contribution is -2.34. The number of amides is 1. The number of thiazole rings is 1. The highest BCUT2D eigenvalue weighted by molar-refractivity contribution is 7.98. The number of nitrogens with zero attached hydrogens (tertiary/aromatic N) is 3. The molecule has 0 spiro atoms. The van der Waals surface area contributed by atoms with E-state index >= 15 is 0 Å². The summed E-state index contributed by atoms with van der Waals surface area (Å²) in [5.74, 6) is 0.779. The maximum Gasteiger partial charge on any atom is 0.269 e. The molecule has 0 bridgehead atoms. The molecule has 4 aromatic rings. The van der Waals surface area contributed by atoms with Crippen LogP contribution in [0, 0.1) is 6.92 Å². The Morgan fingerprint density at radius 1 is 1.13 bits per heavy atom. The highest BCUT2D eigenvalue weighted by Gasteiger charge is 2.11. The lowest BCUT2D eigenvalue weighted by Gasteiger charge is -2.14. The fraction of sp³-hybridized carbons (Fsp3) is 0.182. The summed E-state index contributed by atoms with van der Waals surface area (Å²) in [5, 5.41) is 3.67. The molecule has 158 valence electrons. The number of carbonyl (C=O) groups is 1. The van der Waals surface area contributed by atoms with E-state index in [4.69, 9.17) is 0 Å². The van der Waals surface area contributed by atoms with Crippen LogP contribution in [0.15, 0.2) is 63.6 Å². The summed E-state index contributed by atoms with van der Waals surface area (Å²) in [6.45, 7) is 4.28. The second-order valence-electron chi connectivity index (χ2n) is 6.75. The van der Waals surface area contributed by atoms with Crippen LogP contribution >= 0.6 is 23.1 Å². The van der Waals surface area contributed by atoms with E-state index in [1.807, 2.05) is 32.0 Å². The Morgan fingerprint density at radius 3 is 2.61 bits per heavy atom. The van der Waals surface area contributed by atoms with Gasteiger partial charge >= 0.3 is 0 Å². The van der Waals surface area contributed by atoms with Gasteiger partial charge in [0.15, 0.2) is 0 Å². The molecule has 0 atom stereocenters. The van der Waals surface area contributed by atoms with Crippen LogP contribution in [0.1, 0.15) is 28.0 Å². The zero-order chi connectivity index (χ0) is 21.8. The first-order valence-corrected chi connectivity index (χ1v) is 11.6. The fourth-order valence-corrected chi connectivity index (χ4v) is 4.59. The number of carbonyl (C=O) groups excluding carboxylic acids is 1. The molecule has 4 rings (SSSR count). The smallest absolute Gasteiger partial charge is 0.269 e. The number of fused-ring (bicyclic) bond motifs is 1. The number of anilines is 1. The second-order valence-corrected chi connectivity index (χ2v) is 8.86. The Balaban J connectivity index is 1.42. The molecule has 7 nitrogen and oxygen atoms in total. The van der Waals surface area contributed by atoms with Crippen LogP contribution in [-0.2, 0) is 12.3 Å². The topological polar surface area (TPSA) is 88.9 Å². The van der Waals surface area contributed by atoms with Crippen LogP contribution in [0.2, 0.25) is 0 Å². The molecule has 1 amide bonds. The molecule has 9 heteroatoms. The summed E-state index contributed by atoms with van der Waals surface area (Å²) in [4.78, 5) is 35.2. The Kier molecular flexibility index (Phi) is 6.34. The summed E-state index contributed by atoms with van der Waals surface area (Å²) in [6, 6.07) is 14.5. The van der Waals surface area contributed by atoms with E-state index in [-0.39, 0.29) is 11.5 Å². The summed E-state index contributed by atoms with van der Waals surface area (Å²) in [5.41, 5.74) is 7.42. The first kappa shape index (κ1) is 21.1. The van der Waals surface area contributed by atoms with Crippen molar-refractivity contribution >= 4 is 45.9 Å². The minimum Gasteiger partial charge on any atom is -0.277 e. The Bertz CT molecular complexity index is 1280. The second kappa shape index (κ2) is 9.32. The monoisotopic (exact) mass is 451 g/mol. The molecule has 0 fully saturated rings. The molecule has 2 aromatic carbocycles. The largest absolute Gasteiger partial charge is 0.277 e. The van der Waals surface area contributed by atoms with E-state index in [2.05, 4.69) is 26.2 Å². The SMILES string of the molecule is CCn1c(NNC(=O)c2ccc(SCc3csc(C)n3)cc2)nc2ccccc2c1=O. The van der Waals surface area contributed by atoms with Crippen molar-refractivity contribution in [2.24, 2.45) is 0 Å². The number of rotatable bonds is 7. The van der Waals surface area contributed by atoms with Crippen LogP contribution in [0.4, 0.5) is 5.95 Å². The first-order chi connectivity index (χ1) is 15.0. The minimum atomic E-state index is -0.309. The highest BCUT2D eigenvalue weighted by Crippen LogP contribution is 2.24. The fourth-order valence-electron chi connectivity index (χ4n) is 3.08. The molecule has 2 N–H and O–H groups in total.